The zero-order valence-corrected chi connectivity index (χ0v) is 15.3. The van der Waals surface area contributed by atoms with E-state index in [9.17, 15) is 9.59 Å². The molecule has 0 aliphatic rings. The third kappa shape index (κ3) is 5.14. The molecule has 0 aliphatic carbocycles. The lowest BCUT2D eigenvalue weighted by Gasteiger charge is -2.27. The van der Waals surface area contributed by atoms with E-state index >= 15 is 0 Å². The van der Waals surface area contributed by atoms with Gasteiger partial charge in [0.25, 0.3) is 0 Å². The molecule has 7 heteroatoms. The number of nitrogens with zero attached hydrogens (tertiary/aromatic N) is 2. The first-order chi connectivity index (χ1) is 11.7. The Bertz CT molecular complexity index is 761. The second kappa shape index (κ2) is 7.46. The summed E-state index contributed by atoms with van der Waals surface area (Å²) >= 11 is 0. The van der Waals surface area contributed by atoms with Crippen molar-refractivity contribution in [3.63, 3.8) is 0 Å². The number of nitrogens with one attached hydrogen (secondary N) is 3. The van der Waals surface area contributed by atoms with E-state index in [-0.39, 0.29) is 11.3 Å². The number of hydrogen-bond acceptors (Lipinski definition) is 4. The first-order valence-electron chi connectivity index (χ1n) is 8.25. The molecule has 2 aromatic rings. The van der Waals surface area contributed by atoms with Gasteiger partial charge in [0.2, 0.25) is 0 Å². The molecule has 0 spiro atoms. The van der Waals surface area contributed by atoms with Crippen molar-refractivity contribution in [3.05, 3.63) is 30.1 Å². The quantitative estimate of drug-likeness (QED) is 0.743. The molecule has 1 aromatic heterocycles. The minimum atomic E-state index is -0.690. The molecular formula is C18H25N5O2. The normalized spacial score (nSPS) is 12.5. The Balaban J connectivity index is 1.97. The van der Waals surface area contributed by atoms with Gasteiger partial charge in [-0.1, -0.05) is 39.8 Å². The Morgan fingerprint density at radius 1 is 1.24 bits per heavy atom. The van der Waals surface area contributed by atoms with Gasteiger partial charge < -0.3 is 10.6 Å². The maximum atomic E-state index is 12.1. The summed E-state index contributed by atoms with van der Waals surface area (Å²) in [5.41, 5.74) is 1.33. The molecule has 0 saturated carbocycles. The first kappa shape index (κ1) is 18.6. The Morgan fingerprint density at radius 3 is 2.56 bits per heavy atom. The third-order valence-electron chi connectivity index (χ3n) is 4.23. The number of anilines is 1. The highest BCUT2D eigenvalue weighted by atomic mass is 16.2. The van der Waals surface area contributed by atoms with Crippen LogP contribution < -0.4 is 10.6 Å². The molecule has 0 fully saturated rings. The fraction of sp³-hybridized carbons (Fsp3) is 0.444. The zero-order chi connectivity index (χ0) is 18.6. The van der Waals surface area contributed by atoms with E-state index in [0.717, 1.165) is 5.56 Å². The van der Waals surface area contributed by atoms with Gasteiger partial charge in [-0.3, -0.25) is 14.7 Å². The van der Waals surface area contributed by atoms with Crippen molar-refractivity contribution in [2.45, 2.75) is 34.6 Å². The van der Waals surface area contributed by atoms with Crippen LogP contribution in [0.15, 0.2) is 24.3 Å². The molecule has 0 aliphatic heterocycles. The molecule has 3 N–H and O–H groups in total. The maximum absolute atomic E-state index is 12.1. The third-order valence-corrected chi connectivity index (χ3v) is 4.23. The number of carbonyl (C=O) groups is 2. The molecule has 2 amide bonds. The summed E-state index contributed by atoms with van der Waals surface area (Å²) in [4.78, 5) is 28.3. The van der Waals surface area contributed by atoms with Crippen LogP contribution in [0.5, 0.6) is 0 Å². The largest absolute Gasteiger partial charge is 0.348 e. The highest BCUT2D eigenvalue weighted by Gasteiger charge is 2.22. The first-order valence-corrected chi connectivity index (χ1v) is 8.25. The summed E-state index contributed by atoms with van der Waals surface area (Å²) in [6.45, 7) is 10.6. The van der Waals surface area contributed by atoms with Crippen LogP contribution in [0.25, 0.3) is 11.4 Å². The second-order valence-corrected chi connectivity index (χ2v) is 7.26. The van der Waals surface area contributed by atoms with E-state index in [4.69, 9.17) is 0 Å². The average molecular weight is 343 g/mol. The standard InChI is InChI=1S/C18H25N5O2/c1-11(18(3,4)5)10-19-16(24)17(25)21-14-8-6-7-13(9-14)15-20-12(2)22-23-15/h6-9,11H,10H2,1-5H3,(H,19,24)(H,21,25)(H,20,22,23). The number of aromatic nitrogens is 3. The molecule has 2 rings (SSSR count). The fourth-order valence-electron chi connectivity index (χ4n) is 2.03. The van der Waals surface area contributed by atoms with Crippen molar-refractivity contribution in [1.82, 2.24) is 20.5 Å². The van der Waals surface area contributed by atoms with Gasteiger partial charge >= 0.3 is 11.8 Å². The molecule has 1 aromatic carbocycles. The average Bonchev–Trinajstić information content (AvgIpc) is 2.98. The van der Waals surface area contributed by atoms with Crippen molar-refractivity contribution < 1.29 is 9.59 Å². The predicted molar refractivity (Wildman–Crippen MR) is 96.8 cm³/mol. The van der Waals surface area contributed by atoms with Gasteiger partial charge in [0, 0.05) is 17.8 Å². The number of aryl methyl sites for hydroxylation is 1. The lowest BCUT2D eigenvalue weighted by atomic mass is 9.82. The summed E-state index contributed by atoms with van der Waals surface area (Å²) in [7, 11) is 0. The van der Waals surface area contributed by atoms with Crippen molar-refractivity contribution in [2.24, 2.45) is 11.3 Å². The smallest absolute Gasteiger partial charge is 0.313 e. The Labute approximate surface area is 147 Å². The van der Waals surface area contributed by atoms with Gasteiger partial charge in [0.15, 0.2) is 5.82 Å². The lowest BCUT2D eigenvalue weighted by Crippen LogP contribution is -2.40. The van der Waals surface area contributed by atoms with Crippen molar-refractivity contribution in [3.8, 4) is 11.4 Å². The maximum Gasteiger partial charge on any atom is 0.313 e. The van der Waals surface area contributed by atoms with Gasteiger partial charge in [-0.05, 0) is 30.4 Å². The van der Waals surface area contributed by atoms with Crippen LogP contribution >= 0.6 is 0 Å². The minimum Gasteiger partial charge on any atom is -0.348 e. The molecule has 25 heavy (non-hydrogen) atoms. The Morgan fingerprint density at radius 2 is 1.96 bits per heavy atom. The van der Waals surface area contributed by atoms with Crippen LogP contribution in [0.1, 0.15) is 33.5 Å². The molecule has 1 unspecified atom stereocenters. The number of aromatic amines is 1. The number of hydrogen-bond donors (Lipinski definition) is 3. The van der Waals surface area contributed by atoms with Crippen LogP contribution in [-0.4, -0.2) is 33.5 Å². The van der Waals surface area contributed by atoms with Crippen molar-refractivity contribution >= 4 is 17.5 Å². The van der Waals surface area contributed by atoms with Crippen LogP contribution in [0, 0.1) is 18.3 Å². The topological polar surface area (TPSA) is 99.8 Å². The van der Waals surface area contributed by atoms with Crippen LogP contribution in [0.2, 0.25) is 0 Å². The number of rotatable bonds is 4. The summed E-state index contributed by atoms with van der Waals surface area (Å²) in [6.07, 6.45) is 0. The van der Waals surface area contributed by atoms with E-state index < -0.39 is 11.8 Å². The van der Waals surface area contributed by atoms with Gasteiger partial charge in [0.1, 0.15) is 5.82 Å². The molecule has 1 atom stereocenters. The van der Waals surface area contributed by atoms with Crippen LogP contribution in [-0.2, 0) is 9.59 Å². The predicted octanol–water partition coefficient (Wildman–Crippen LogP) is 2.52. The summed E-state index contributed by atoms with van der Waals surface area (Å²) < 4.78 is 0. The van der Waals surface area contributed by atoms with Gasteiger partial charge in [0.05, 0.1) is 0 Å². The molecule has 134 valence electrons. The van der Waals surface area contributed by atoms with E-state index in [1.807, 2.05) is 19.9 Å². The van der Waals surface area contributed by atoms with Gasteiger partial charge in [-0.15, -0.1) is 0 Å². The lowest BCUT2D eigenvalue weighted by molar-refractivity contribution is -0.136. The number of H-pyrrole nitrogens is 1. The molecular weight excluding hydrogens is 318 g/mol. The van der Waals surface area contributed by atoms with Gasteiger partial charge in [-0.25, -0.2) is 4.98 Å². The number of benzene rings is 1. The minimum absolute atomic E-state index is 0.0623. The number of carbonyl (C=O) groups excluding carboxylic acids is 2. The molecule has 0 bridgehead atoms. The molecule has 0 saturated heterocycles. The SMILES string of the molecule is Cc1nc(-c2cccc(NC(=O)C(=O)NCC(C)C(C)(C)C)c2)n[nH]1. The van der Waals surface area contributed by atoms with E-state index in [0.29, 0.717) is 23.9 Å². The van der Waals surface area contributed by atoms with Gasteiger partial charge in [-0.2, -0.15) is 5.10 Å². The molecule has 0 radical (unpaired) electrons. The number of amides is 2. The molecule has 1 heterocycles. The van der Waals surface area contributed by atoms with Crippen LogP contribution in [0.4, 0.5) is 5.69 Å². The van der Waals surface area contributed by atoms with Crippen molar-refractivity contribution in [2.75, 3.05) is 11.9 Å². The van der Waals surface area contributed by atoms with Crippen LogP contribution in [0.3, 0.4) is 0 Å². The summed E-state index contributed by atoms with van der Waals surface area (Å²) in [6, 6.07) is 7.05. The van der Waals surface area contributed by atoms with Crippen molar-refractivity contribution in [1.29, 1.82) is 0 Å². The highest BCUT2D eigenvalue weighted by Crippen LogP contribution is 2.24. The van der Waals surface area contributed by atoms with E-state index in [1.165, 1.54) is 0 Å². The Kier molecular flexibility index (Phi) is 5.56. The summed E-state index contributed by atoms with van der Waals surface area (Å²) in [5, 5.41) is 12.1. The second-order valence-electron chi connectivity index (χ2n) is 7.26. The fourth-order valence-corrected chi connectivity index (χ4v) is 2.03. The Hall–Kier alpha value is -2.70. The summed E-state index contributed by atoms with van der Waals surface area (Å²) in [5.74, 6) is 0.162. The molecule has 7 nitrogen and oxygen atoms in total. The van der Waals surface area contributed by atoms with E-state index in [1.54, 1.807) is 18.2 Å². The van der Waals surface area contributed by atoms with E-state index in [2.05, 4.69) is 46.6 Å². The zero-order valence-electron chi connectivity index (χ0n) is 15.3. The monoisotopic (exact) mass is 343 g/mol. The highest BCUT2D eigenvalue weighted by molar-refractivity contribution is 6.39.